The van der Waals surface area contributed by atoms with Gasteiger partial charge in [-0.1, -0.05) is 12.1 Å². The van der Waals surface area contributed by atoms with Gasteiger partial charge in [-0.2, -0.15) is 0 Å². The van der Waals surface area contributed by atoms with Crippen molar-refractivity contribution >= 4 is 34.8 Å². The molecular formula is C16H25ClN2O3S. The van der Waals surface area contributed by atoms with Crippen molar-refractivity contribution in [2.24, 2.45) is 5.92 Å². The van der Waals surface area contributed by atoms with Crippen molar-refractivity contribution in [1.29, 1.82) is 0 Å². The van der Waals surface area contributed by atoms with Crippen LogP contribution in [-0.2, 0) is 26.1 Å². The summed E-state index contributed by atoms with van der Waals surface area (Å²) in [7, 11) is 0.661. The van der Waals surface area contributed by atoms with Crippen LogP contribution < -0.4 is 10.6 Å². The minimum atomic E-state index is -0.944. The smallest absolute Gasteiger partial charge is 0.228 e. The first kappa shape index (κ1) is 20.1. The summed E-state index contributed by atoms with van der Waals surface area (Å²) in [4.78, 5) is 12.2. The summed E-state index contributed by atoms with van der Waals surface area (Å²) in [5, 5.41) is 6.21. The van der Waals surface area contributed by atoms with E-state index < -0.39 is 10.8 Å². The fraction of sp³-hybridized carbons (Fsp3) is 0.562. The monoisotopic (exact) mass is 360 g/mol. The van der Waals surface area contributed by atoms with Crippen molar-refractivity contribution in [2.75, 3.05) is 37.9 Å². The molecule has 1 aromatic carbocycles. The summed E-state index contributed by atoms with van der Waals surface area (Å²) in [6, 6.07) is 7.59. The molecule has 1 fully saturated rings. The van der Waals surface area contributed by atoms with Gasteiger partial charge < -0.3 is 15.4 Å². The second-order valence-corrected chi connectivity index (χ2v) is 7.09. The number of ether oxygens (including phenoxy) is 1. The van der Waals surface area contributed by atoms with Crippen LogP contribution in [0.1, 0.15) is 18.4 Å². The second kappa shape index (κ2) is 10.8. The van der Waals surface area contributed by atoms with Crippen LogP contribution >= 0.6 is 12.4 Å². The van der Waals surface area contributed by atoms with Gasteiger partial charge in [0, 0.05) is 41.6 Å². The van der Waals surface area contributed by atoms with Crippen molar-refractivity contribution < 1.29 is 13.7 Å². The average molecular weight is 361 g/mol. The van der Waals surface area contributed by atoms with Crippen LogP contribution in [-0.4, -0.2) is 42.7 Å². The Morgan fingerprint density at radius 3 is 3.00 bits per heavy atom. The molecule has 2 unspecified atom stereocenters. The molecule has 1 amide bonds. The molecule has 0 aromatic heterocycles. The standard InChI is InChI=1S/C16H24N2O3S.ClH/c1-21-8-9-22(20)12-13-4-2-6-15(10-13)18-16(19)14-5-3-7-17-11-14;/h2,4,6,10,14,17H,3,5,7-9,11-12H2,1H3,(H,18,19);1H. The van der Waals surface area contributed by atoms with Gasteiger partial charge in [0.05, 0.1) is 12.5 Å². The highest BCUT2D eigenvalue weighted by Gasteiger charge is 2.20. The fourth-order valence-electron chi connectivity index (χ4n) is 2.49. The summed E-state index contributed by atoms with van der Waals surface area (Å²) in [6.07, 6.45) is 1.97. The Bertz CT molecular complexity index is 522. The molecule has 2 N–H and O–H groups in total. The number of benzene rings is 1. The molecule has 0 aliphatic carbocycles. The summed E-state index contributed by atoms with van der Waals surface area (Å²) in [5.74, 6) is 1.11. The summed E-state index contributed by atoms with van der Waals surface area (Å²) in [6.45, 7) is 2.23. The van der Waals surface area contributed by atoms with E-state index in [0.29, 0.717) is 18.1 Å². The molecule has 2 rings (SSSR count). The van der Waals surface area contributed by atoms with E-state index in [2.05, 4.69) is 10.6 Å². The maximum absolute atomic E-state index is 12.2. The van der Waals surface area contributed by atoms with Crippen LogP contribution in [0, 0.1) is 5.92 Å². The molecule has 1 saturated heterocycles. The van der Waals surface area contributed by atoms with Gasteiger partial charge in [-0.3, -0.25) is 9.00 Å². The zero-order valence-electron chi connectivity index (χ0n) is 13.4. The third kappa shape index (κ3) is 6.99. The molecule has 7 heteroatoms. The number of rotatable bonds is 7. The number of nitrogens with one attached hydrogen (secondary N) is 2. The van der Waals surface area contributed by atoms with E-state index in [0.717, 1.165) is 37.2 Å². The SMILES string of the molecule is COCCS(=O)Cc1cccc(NC(=O)C2CCCNC2)c1.Cl. The predicted molar refractivity (Wildman–Crippen MR) is 96.5 cm³/mol. The maximum Gasteiger partial charge on any atom is 0.228 e. The number of amides is 1. The summed E-state index contributed by atoms with van der Waals surface area (Å²) in [5.41, 5.74) is 1.74. The van der Waals surface area contributed by atoms with Crippen molar-refractivity contribution in [3.63, 3.8) is 0 Å². The Balaban J connectivity index is 0.00000264. The minimum absolute atomic E-state index is 0. The lowest BCUT2D eigenvalue weighted by atomic mass is 9.99. The highest BCUT2D eigenvalue weighted by molar-refractivity contribution is 7.84. The van der Waals surface area contributed by atoms with Crippen molar-refractivity contribution in [3.05, 3.63) is 29.8 Å². The summed E-state index contributed by atoms with van der Waals surface area (Å²) >= 11 is 0. The van der Waals surface area contributed by atoms with Gasteiger partial charge in [-0.15, -0.1) is 12.4 Å². The lowest BCUT2D eigenvalue weighted by molar-refractivity contribution is -0.120. The van der Waals surface area contributed by atoms with E-state index in [4.69, 9.17) is 4.74 Å². The third-order valence-corrected chi connectivity index (χ3v) is 4.98. The number of piperidine rings is 1. The first-order valence-corrected chi connectivity index (χ1v) is 9.12. The third-order valence-electron chi connectivity index (χ3n) is 3.70. The van der Waals surface area contributed by atoms with Gasteiger partial charge in [0.15, 0.2) is 0 Å². The Hall–Kier alpha value is -0.950. The number of methoxy groups -OCH3 is 1. The number of halogens is 1. The molecule has 23 heavy (non-hydrogen) atoms. The molecule has 1 aromatic rings. The second-order valence-electron chi connectivity index (χ2n) is 5.51. The lowest BCUT2D eigenvalue weighted by Gasteiger charge is -2.22. The van der Waals surface area contributed by atoms with Crippen molar-refractivity contribution in [1.82, 2.24) is 5.32 Å². The van der Waals surface area contributed by atoms with Gasteiger partial charge in [-0.25, -0.2) is 0 Å². The molecule has 0 spiro atoms. The minimum Gasteiger partial charge on any atom is -0.384 e. The first-order chi connectivity index (χ1) is 10.7. The Morgan fingerprint density at radius 2 is 2.30 bits per heavy atom. The van der Waals surface area contributed by atoms with Crippen LogP contribution in [0.15, 0.2) is 24.3 Å². The lowest BCUT2D eigenvalue weighted by Crippen LogP contribution is -2.37. The molecule has 0 bridgehead atoms. The van der Waals surface area contributed by atoms with Gasteiger partial charge in [0.25, 0.3) is 0 Å². The molecular weight excluding hydrogens is 336 g/mol. The zero-order chi connectivity index (χ0) is 15.8. The maximum atomic E-state index is 12.2. The van der Waals surface area contributed by atoms with Crippen LogP contribution in [0.3, 0.4) is 0 Å². The highest BCUT2D eigenvalue weighted by atomic mass is 35.5. The fourth-order valence-corrected chi connectivity index (χ4v) is 3.54. The van der Waals surface area contributed by atoms with Crippen LogP contribution in [0.25, 0.3) is 0 Å². The Morgan fingerprint density at radius 1 is 1.48 bits per heavy atom. The van der Waals surface area contributed by atoms with Crippen molar-refractivity contribution in [3.8, 4) is 0 Å². The van der Waals surface area contributed by atoms with Gasteiger partial charge in [-0.05, 0) is 37.1 Å². The first-order valence-electron chi connectivity index (χ1n) is 7.63. The topological polar surface area (TPSA) is 67.4 Å². The number of hydrogen-bond donors (Lipinski definition) is 2. The molecule has 1 aliphatic rings. The molecule has 5 nitrogen and oxygen atoms in total. The van der Waals surface area contributed by atoms with Crippen LogP contribution in [0.4, 0.5) is 5.69 Å². The quantitative estimate of drug-likeness (QED) is 0.779. The van der Waals surface area contributed by atoms with E-state index in [9.17, 15) is 9.00 Å². The van der Waals surface area contributed by atoms with Gasteiger partial charge in [0.1, 0.15) is 0 Å². The number of hydrogen-bond acceptors (Lipinski definition) is 4. The predicted octanol–water partition coefficient (Wildman–Crippen LogP) is 1.94. The normalized spacial score (nSPS) is 18.7. The molecule has 0 saturated carbocycles. The Kier molecular flexibility index (Phi) is 9.40. The number of carbonyl (C=O) groups excluding carboxylic acids is 1. The van der Waals surface area contributed by atoms with E-state index in [1.54, 1.807) is 7.11 Å². The van der Waals surface area contributed by atoms with Gasteiger partial charge in [0.2, 0.25) is 5.91 Å². The van der Waals surface area contributed by atoms with Crippen LogP contribution in [0.2, 0.25) is 0 Å². The molecule has 0 radical (unpaired) electrons. The molecule has 1 aliphatic heterocycles. The average Bonchev–Trinajstić information content (AvgIpc) is 2.54. The number of carbonyl (C=O) groups is 1. The van der Waals surface area contributed by atoms with Crippen molar-refractivity contribution in [2.45, 2.75) is 18.6 Å². The van der Waals surface area contributed by atoms with E-state index in [-0.39, 0.29) is 24.2 Å². The van der Waals surface area contributed by atoms with E-state index in [1.807, 2.05) is 24.3 Å². The van der Waals surface area contributed by atoms with E-state index in [1.165, 1.54) is 0 Å². The molecule has 2 atom stereocenters. The zero-order valence-corrected chi connectivity index (χ0v) is 15.0. The van der Waals surface area contributed by atoms with Crippen LogP contribution in [0.5, 0.6) is 0 Å². The van der Waals surface area contributed by atoms with E-state index >= 15 is 0 Å². The Labute approximate surface area is 146 Å². The van der Waals surface area contributed by atoms with Gasteiger partial charge >= 0.3 is 0 Å². The molecule has 130 valence electrons. The number of anilines is 1. The summed E-state index contributed by atoms with van der Waals surface area (Å²) < 4.78 is 16.8. The molecule has 1 heterocycles. The largest absolute Gasteiger partial charge is 0.384 e. The highest BCUT2D eigenvalue weighted by Crippen LogP contribution is 2.16.